The van der Waals surface area contributed by atoms with Gasteiger partial charge in [-0.25, -0.2) is 4.99 Å². The molecular weight excluding hydrogens is 318 g/mol. The van der Waals surface area contributed by atoms with Gasteiger partial charge < -0.3 is 15.7 Å². The number of nitrogens with one attached hydrogen (secondary N) is 2. The lowest BCUT2D eigenvalue weighted by molar-refractivity contribution is 0.0711. The first kappa shape index (κ1) is 17.0. The maximum atomic E-state index is 10.6. The number of nitrogens with zero attached hydrogens (tertiary/aromatic N) is 1. The molecule has 3 atom stereocenters. The lowest BCUT2D eigenvalue weighted by Crippen LogP contribution is -2.40. The molecule has 128 valence electrons. The first-order valence-corrected chi connectivity index (χ1v) is 9.34. The number of benzene rings is 1. The Balaban J connectivity index is 1.61. The molecule has 3 N–H and O–H groups in total. The lowest BCUT2D eigenvalue weighted by Gasteiger charge is -2.20. The lowest BCUT2D eigenvalue weighted by atomic mass is 10.1. The number of rotatable bonds is 6. The summed E-state index contributed by atoms with van der Waals surface area (Å²) in [6.07, 6.45) is 1.12. The average molecular weight is 343 g/mol. The summed E-state index contributed by atoms with van der Waals surface area (Å²) < 4.78 is 0. The van der Waals surface area contributed by atoms with E-state index in [0.29, 0.717) is 18.5 Å². The molecule has 3 rings (SSSR count). The van der Waals surface area contributed by atoms with E-state index in [-0.39, 0.29) is 0 Å². The van der Waals surface area contributed by atoms with Crippen molar-refractivity contribution in [1.82, 2.24) is 10.6 Å². The van der Waals surface area contributed by atoms with E-state index >= 15 is 0 Å². The number of hydrogen-bond donors (Lipinski definition) is 3. The molecule has 1 aliphatic carbocycles. The first-order valence-electron chi connectivity index (χ1n) is 8.46. The summed E-state index contributed by atoms with van der Waals surface area (Å²) >= 11 is 1.56. The maximum absolute atomic E-state index is 10.6. The minimum atomic E-state index is -0.932. The highest BCUT2D eigenvalue weighted by Crippen LogP contribution is 2.40. The van der Waals surface area contributed by atoms with E-state index in [4.69, 9.17) is 0 Å². The molecule has 0 spiro atoms. The van der Waals surface area contributed by atoms with Crippen LogP contribution in [0.1, 0.15) is 36.6 Å². The van der Waals surface area contributed by atoms with Gasteiger partial charge in [0.25, 0.3) is 0 Å². The van der Waals surface area contributed by atoms with Gasteiger partial charge in [-0.1, -0.05) is 36.4 Å². The molecule has 5 heteroatoms. The molecule has 4 nitrogen and oxygen atoms in total. The van der Waals surface area contributed by atoms with Crippen LogP contribution >= 0.6 is 11.3 Å². The van der Waals surface area contributed by atoms with Crippen LogP contribution in [0.25, 0.3) is 0 Å². The highest BCUT2D eigenvalue weighted by Gasteiger charge is 2.39. The van der Waals surface area contributed by atoms with Crippen LogP contribution < -0.4 is 10.6 Å². The van der Waals surface area contributed by atoms with Crippen LogP contribution in [-0.2, 0) is 5.60 Å². The summed E-state index contributed by atoms with van der Waals surface area (Å²) in [5.74, 6) is 1.32. The van der Waals surface area contributed by atoms with E-state index in [1.54, 1.807) is 11.3 Å². The Morgan fingerprint density at radius 2 is 2.08 bits per heavy atom. The Kier molecular flexibility index (Phi) is 5.21. The van der Waals surface area contributed by atoms with Crippen molar-refractivity contribution in [2.75, 3.05) is 13.1 Å². The topological polar surface area (TPSA) is 56.7 Å². The second-order valence-electron chi connectivity index (χ2n) is 6.45. The minimum absolute atomic E-state index is 0.339. The van der Waals surface area contributed by atoms with Crippen LogP contribution in [0.5, 0.6) is 0 Å². The molecule has 0 amide bonds. The van der Waals surface area contributed by atoms with E-state index in [9.17, 15) is 5.11 Å². The third kappa shape index (κ3) is 4.16. The highest BCUT2D eigenvalue weighted by molar-refractivity contribution is 7.10. The van der Waals surface area contributed by atoms with Gasteiger partial charge in [-0.05, 0) is 37.3 Å². The monoisotopic (exact) mass is 343 g/mol. The van der Waals surface area contributed by atoms with E-state index < -0.39 is 5.60 Å². The fourth-order valence-electron chi connectivity index (χ4n) is 2.81. The molecular formula is C19H25N3OS. The normalized spacial score (nSPS) is 22.7. The van der Waals surface area contributed by atoms with Crippen LogP contribution in [0, 0.1) is 0 Å². The zero-order valence-corrected chi connectivity index (χ0v) is 15.0. The SMILES string of the molecule is CCNC(=NCC(C)(O)c1cccs1)NC1CC1c1ccccc1. The predicted molar refractivity (Wildman–Crippen MR) is 101 cm³/mol. The molecule has 2 aromatic rings. The summed E-state index contributed by atoms with van der Waals surface area (Å²) in [4.78, 5) is 5.54. The van der Waals surface area contributed by atoms with Crippen molar-refractivity contribution in [2.45, 2.75) is 37.8 Å². The summed E-state index contributed by atoms with van der Waals surface area (Å²) in [5.41, 5.74) is 0.440. The van der Waals surface area contributed by atoms with Gasteiger partial charge in [0, 0.05) is 23.4 Å². The summed E-state index contributed by atoms with van der Waals surface area (Å²) in [6, 6.07) is 14.9. The molecule has 0 bridgehead atoms. The van der Waals surface area contributed by atoms with Gasteiger partial charge in [0.05, 0.1) is 6.54 Å². The van der Waals surface area contributed by atoms with Crippen LogP contribution in [-0.4, -0.2) is 30.2 Å². The first-order chi connectivity index (χ1) is 11.6. The Hall–Kier alpha value is -1.85. The fraction of sp³-hybridized carbons (Fsp3) is 0.421. The van der Waals surface area contributed by atoms with Crippen molar-refractivity contribution in [1.29, 1.82) is 0 Å². The second-order valence-corrected chi connectivity index (χ2v) is 7.40. The van der Waals surface area contributed by atoms with Crippen molar-refractivity contribution >= 4 is 17.3 Å². The van der Waals surface area contributed by atoms with Crippen LogP contribution in [0.4, 0.5) is 0 Å². The quantitative estimate of drug-likeness (QED) is 0.558. The Labute approximate surface area is 147 Å². The van der Waals surface area contributed by atoms with Crippen LogP contribution in [0.15, 0.2) is 52.8 Å². The van der Waals surface area contributed by atoms with Crippen LogP contribution in [0.3, 0.4) is 0 Å². The van der Waals surface area contributed by atoms with Crippen molar-refractivity contribution < 1.29 is 5.11 Å². The van der Waals surface area contributed by atoms with E-state index in [2.05, 4.69) is 46.8 Å². The third-order valence-electron chi connectivity index (χ3n) is 4.28. The molecule has 1 aromatic heterocycles. The third-order valence-corrected chi connectivity index (χ3v) is 5.40. The Bertz CT molecular complexity index is 667. The predicted octanol–water partition coefficient (Wildman–Crippen LogP) is 3.07. The molecule has 24 heavy (non-hydrogen) atoms. The summed E-state index contributed by atoms with van der Waals surface area (Å²) in [7, 11) is 0. The molecule has 0 radical (unpaired) electrons. The molecule has 0 aliphatic heterocycles. The minimum Gasteiger partial charge on any atom is -0.383 e. The summed E-state index contributed by atoms with van der Waals surface area (Å²) in [6.45, 7) is 5.01. The highest BCUT2D eigenvalue weighted by atomic mass is 32.1. The Morgan fingerprint density at radius 3 is 2.75 bits per heavy atom. The van der Waals surface area contributed by atoms with Crippen LogP contribution in [0.2, 0.25) is 0 Å². The van der Waals surface area contributed by atoms with Gasteiger partial charge in [-0.2, -0.15) is 0 Å². The molecule has 0 saturated heterocycles. The van der Waals surface area contributed by atoms with Crippen molar-refractivity contribution in [3.05, 3.63) is 58.3 Å². The number of guanidine groups is 1. The number of aliphatic imine (C=N–C) groups is 1. The standard InChI is InChI=1S/C19H25N3OS/c1-3-20-18(21-13-19(2,23)17-10-7-11-24-17)22-16-12-15(16)14-8-5-4-6-9-14/h4-11,15-16,23H,3,12-13H2,1-2H3,(H2,20,21,22). The van der Waals surface area contributed by atoms with Gasteiger partial charge in [-0.15, -0.1) is 11.3 Å². The van der Waals surface area contributed by atoms with Crippen molar-refractivity contribution in [3.8, 4) is 0 Å². The van der Waals surface area contributed by atoms with E-state index in [1.165, 1.54) is 5.56 Å². The smallest absolute Gasteiger partial charge is 0.191 e. The van der Waals surface area contributed by atoms with E-state index in [1.807, 2.05) is 30.5 Å². The summed E-state index contributed by atoms with van der Waals surface area (Å²) in [5, 5.41) is 19.4. The number of aliphatic hydroxyl groups is 1. The molecule has 3 unspecified atom stereocenters. The van der Waals surface area contributed by atoms with Crippen molar-refractivity contribution in [3.63, 3.8) is 0 Å². The molecule has 1 heterocycles. The largest absolute Gasteiger partial charge is 0.383 e. The maximum Gasteiger partial charge on any atom is 0.191 e. The molecule has 1 saturated carbocycles. The van der Waals surface area contributed by atoms with Gasteiger partial charge >= 0.3 is 0 Å². The molecule has 1 fully saturated rings. The van der Waals surface area contributed by atoms with E-state index in [0.717, 1.165) is 23.8 Å². The van der Waals surface area contributed by atoms with Gasteiger partial charge in [-0.3, -0.25) is 0 Å². The Morgan fingerprint density at radius 1 is 1.29 bits per heavy atom. The van der Waals surface area contributed by atoms with Gasteiger partial charge in [0.1, 0.15) is 5.60 Å². The number of hydrogen-bond acceptors (Lipinski definition) is 3. The van der Waals surface area contributed by atoms with Crippen molar-refractivity contribution in [2.24, 2.45) is 4.99 Å². The fourth-order valence-corrected chi connectivity index (χ4v) is 3.59. The number of thiophene rings is 1. The second kappa shape index (κ2) is 7.36. The van der Waals surface area contributed by atoms with Gasteiger partial charge in [0.2, 0.25) is 0 Å². The zero-order chi connectivity index (χ0) is 17.0. The zero-order valence-electron chi connectivity index (χ0n) is 14.2. The average Bonchev–Trinajstić information content (AvgIpc) is 3.11. The molecule has 1 aromatic carbocycles. The molecule has 1 aliphatic rings. The van der Waals surface area contributed by atoms with Gasteiger partial charge in [0.15, 0.2) is 5.96 Å².